The van der Waals surface area contributed by atoms with Crippen LogP contribution >= 0.6 is 0 Å². The van der Waals surface area contributed by atoms with Crippen LogP contribution in [-0.2, 0) is 9.59 Å². The van der Waals surface area contributed by atoms with E-state index in [1.807, 2.05) is 32.8 Å². The van der Waals surface area contributed by atoms with Crippen LogP contribution in [-0.4, -0.2) is 67.0 Å². The highest BCUT2D eigenvalue weighted by Crippen LogP contribution is 2.42. The maximum absolute atomic E-state index is 13.8. The van der Waals surface area contributed by atoms with E-state index in [0.29, 0.717) is 29.2 Å². The number of likely N-dealkylation sites (tertiary alicyclic amines) is 1. The monoisotopic (exact) mass is 470 g/mol. The Morgan fingerprint density at radius 3 is 2.44 bits per heavy atom. The molecule has 2 aromatic rings. The van der Waals surface area contributed by atoms with Crippen molar-refractivity contribution in [1.29, 1.82) is 0 Å². The second kappa shape index (κ2) is 10.3. The number of methoxy groups -OCH3 is 1. The van der Waals surface area contributed by atoms with Gasteiger partial charge >= 0.3 is 0 Å². The van der Waals surface area contributed by atoms with Crippen LogP contribution in [0.4, 0.5) is 4.39 Å². The van der Waals surface area contributed by atoms with E-state index < -0.39 is 23.5 Å². The molecule has 0 aliphatic carbocycles. The average Bonchev–Trinajstić information content (AvgIpc) is 3.03. The number of benzene rings is 2. The van der Waals surface area contributed by atoms with Gasteiger partial charge in [-0.15, -0.1) is 0 Å². The van der Waals surface area contributed by atoms with Gasteiger partial charge < -0.3 is 24.4 Å². The van der Waals surface area contributed by atoms with Crippen LogP contribution in [0.2, 0.25) is 0 Å². The Morgan fingerprint density at radius 2 is 1.85 bits per heavy atom. The lowest BCUT2D eigenvalue weighted by molar-refractivity contribution is -0.140. The van der Waals surface area contributed by atoms with Gasteiger partial charge in [0.25, 0.3) is 11.7 Å². The van der Waals surface area contributed by atoms with Gasteiger partial charge in [-0.2, -0.15) is 0 Å². The standard InChI is InChI=1S/C26H31FN2O5/c1-15(2)34-20-10-8-17(14-21(20)33-6)23-22(24(30)18-7-9-19(27)16(3)13-18)25(31)26(32)29(23)12-11-28(4)5/h7-10,13-15,23,30H,11-12H2,1-6H3/b24-22-. The smallest absolute Gasteiger partial charge is 0.295 e. The van der Waals surface area contributed by atoms with Gasteiger partial charge in [-0.25, -0.2) is 4.39 Å². The second-order valence-corrected chi connectivity index (χ2v) is 8.84. The summed E-state index contributed by atoms with van der Waals surface area (Å²) in [7, 11) is 5.25. The zero-order valence-electron chi connectivity index (χ0n) is 20.4. The van der Waals surface area contributed by atoms with Gasteiger partial charge in [-0.1, -0.05) is 6.07 Å². The third-order valence-corrected chi connectivity index (χ3v) is 5.63. The number of ketones is 1. The molecule has 1 aliphatic heterocycles. The number of carbonyl (C=O) groups excluding carboxylic acids is 2. The molecule has 0 saturated carbocycles. The van der Waals surface area contributed by atoms with Crippen molar-refractivity contribution in [2.24, 2.45) is 0 Å². The van der Waals surface area contributed by atoms with Gasteiger partial charge in [0.2, 0.25) is 0 Å². The minimum absolute atomic E-state index is 0.0469. The molecule has 1 aliphatic rings. The summed E-state index contributed by atoms with van der Waals surface area (Å²) in [5.41, 5.74) is 1.13. The second-order valence-electron chi connectivity index (χ2n) is 8.84. The van der Waals surface area contributed by atoms with Gasteiger partial charge in [0.05, 0.1) is 24.8 Å². The number of aliphatic hydroxyl groups is 1. The van der Waals surface area contributed by atoms with Crippen molar-refractivity contribution < 1.29 is 28.6 Å². The van der Waals surface area contributed by atoms with Crippen LogP contribution in [0.25, 0.3) is 5.76 Å². The fourth-order valence-electron chi connectivity index (χ4n) is 3.92. The molecule has 1 fully saturated rings. The third-order valence-electron chi connectivity index (χ3n) is 5.63. The maximum Gasteiger partial charge on any atom is 0.295 e. The van der Waals surface area contributed by atoms with E-state index in [9.17, 15) is 19.1 Å². The number of rotatable bonds is 8. The van der Waals surface area contributed by atoms with Crippen LogP contribution in [0.3, 0.4) is 0 Å². The van der Waals surface area contributed by atoms with Crippen LogP contribution in [0.15, 0.2) is 42.0 Å². The highest BCUT2D eigenvalue weighted by molar-refractivity contribution is 6.46. The Balaban J connectivity index is 2.18. The summed E-state index contributed by atoms with van der Waals surface area (Å²) in [5.74, 6) is -1.29. The zero-order chi connectivity index (χ0) is 25.2. The molecular formula is C26H31FN2O5. The molecule has 1 amide bonds. The highest BCUT2D eigenvalue weighted by atomic mass is 19.1. The lowest BCUT2D eigenvalue weighted by atomic mass is 9.94. The number of likely N-dealkylation sites (N-methyl/N-ethyl adjacent to an activating group) is 1. The van der Waals surface area contributed by atoms with Gasteiger partial charge in [0.1, 0.15) is 11.6 Å². The molecule has 2 aromatic carbocycles. The maximum atomic E-state index is 13.8. The van der Waals surface area contributed by atoms with Crippen molar-refractivity contribution in [3.8, 4) is 11.5 Å². The number of hydrogen-bond donors (Lipinski definition) is 1. The lowest BCUT2D eigenvalue weighted by Crippen LogP contribution is -2.35. The number of nitrogens with zero attached hydrogens (tertiary/aromatic N) is 2. The van der Waals surface area contributed by atoms with E-state index in [-0.39, 0.29) is 29.5 Å². The van der Waals surface area contributed by atoms with Crippen molar-refractivity contribution >= 4 is 17.4 Å². The summed E-state index contributed by atoms with van der Waals surface area (Å²) < 4.78 is 25.1. The zero-order valence-corrected chi connectivity index (χ0v) is 20.4. The first-order valence-corrected chi connectivity index (χ1v) is 11.1. The Morgan fingerprint density at radius 1 is 1.15 bits per heavy atom. The molecule has 1 atom stereocenters. The quantitative estimate of drug-likeness (QED) is 0.358. The third kappa shape index (κ3) is 5.07. The molecular weight excluding hydrogens is 439 g/mol. The molecule has 0 aromatic heterocycles. The number of amides is 1. The van der Waals surface area contributed by atoms with Crippen molar-refractivity contribution in [2.75, 3.05) is 34.3 Å². The van der Waals surface area contributed by atoms with Gasteiger partial charge in [-0.3, -0.25) is 9.59 Å². The summed E-state index contributed by atoms with van der Waals surface area (Å²) in [6.07, 6.45) is -0.0767. The van der Waals surface area contributed by atoms with Gasteiger partial charge in [0, 0.05) is 18.7 Å². The van der Waals surface area contributed by atoms with Crippen LogP contribution in [0.5, 0.6) is 11.5 Å². The lowest BCUT2D eigenvalue weighted by Gasteiger charge is -2.27. The molecule has 34 heavy (non-hydrogen) atoms. The number of halogens is 1. The fourth-order valence-corrected chi connectivity index (χ4v) is 3.92. The molecule has 0 spiro atoms. The number of Topliss-reactive ketones (excluding diaryl/α,β-unsaturated/α-hetero) is 1. The minimum atomic E-state index is -0.840. The van der Waals surface area contributed by atoms with Crippen molar-refractivity contribution in [2.45, 2.75) is 32.9 Å². The predicted octanol–water partition coefficient (Wildman–Crippen LogP) is 3.91. The van der Waals surface area contributed by atoms with E-state index in [2.05, 4.69) is 0 Å². The van der Waals surface area contributed by atoms with Crippen LogP contribution in [0.1, 0.15) is 36.6 Å². The predicted molar refractivity (Wildman–Crippen MR) is 127 cm³/mol. The molecule has 1 saturated heterocycles. The fraction of sp³-hybridized carbons (Fsp3) is 0.385. The normalized spacial score (nSPS) is 17.7. The Bertz CT molecular complexity index is 1130. The first kappa shape index (κ1) is 25.2. The topological polar surface area (TPSA) is 79.3 Å². The number of aryl methyl sites for hydroxylation is 1. The molecule has 182 valence electrons. The number of ether oxygens (including phenoxy) is 2. The Kier molecular flexibility index (Phi) is 7.61. The van der Waals surface area contributed by atoms with Gasteiger partial charge in [-0.05, 0) is 76.3 Å². The first-order valence-electron chi connectivity index (χ1n) is 11.1. The summed E-state index contributed by atoms with van der Waals surface area (Å²) in [4.78, 5) is 29.5. The number of aliphatic hydroxyl groups excluding tert-OH is 1. The molecule has 8 heteroatoms. The highest BCUT2D eigenvalue weighted by Gasteiger charge is 2.46. The van der Waals surface area contributed by atoms with Crippen molar-refractivity contribution in [3.63, 3.8) is 0 Å². The number of hydrogen-bond acceptors (Lipinski definition) is 6. The molecule has 1 unspecified atom stereocenters. The van der Waals surface area contributed by atoms with E-state index >= 15 is 0 Å². The van der Waals surface area contributed by atoms with Crippen LogP contribution in [0, 0.1) is 12.7 Å². The number of carbonyl (C=O) groups is 2. The van der Waals surface area contributed by atoms with E-state index in [1.165, 1.54) is 30.2 Å². The SMILES string of the molecule is COc1cc(C2/C(=C(/O)c3ccc(F)c(C)c3)C(=O)C(=O)N2CCN(C)C)ccc1OC(C)C. The van der Waals surface area contributed by atoms with Crippen LogP contribution < -0.4 is 9.47 Å². The van der Waals surface area contributed by atoms with Crippen molar-refractivity contribution in [3.05, 3.63) is 64.5 Å². The summed E-state index contributed by atoms with van der Waals surface area (Å²) in [6, 6.07) is 8.41. The Hall–Kier alpha value is -3.39. The Labute approximate surface area is 199 Å². The molecule has 1 heterocycles. The molecule has 0 bridgehead atoms. The summed E-state index contributed by atoms with van der Waals surface area (Å²) in [5, 5.41) is 11.1. The largest absolute Gasteiger partial charge is 0.507 e. The molecule has 0 radical (unpaired) electrons. The van der Waals surface area contributed by atoms with Gasteiger partial charge in [0.15, 0.2) is 11.5 Å². The minimum Gasteiger partial charge on any atom is -0.507 e. The van der Waals surface area contributed by atoms with Crippen molar-refractivity contribution in [1.82, 2.24) is 9.80 Å². The average molecular weight is 471 g/mol. The summed E-state index contributed by atoms with van der Waals surface area (Å²) >= 11 is 0. The first-order chi connectivity index (χ1) is 16.0. The van der Waals surface area contributed by atoms with E-state index in [0.717, 1.165) is 0 Å². The molecule has 1 N–H and O–H groups in total. The molecule has 3 rings (SSSR count). The molecule has 7 nitrogen and oxygen atoms in total. The van der Waals surface area contributed by atoms with E-state index in [4.69, 9.17) is 9.47 Å². The van der Waals surface area contributed by atoms with E-state index in [1.54, 1.807) is 25.1 Å². The summed E-state index contributed by atoms with van der Waals surface area (Å²) in [6.45, 7) is 6.15.